The molecule has 0 saturated carbocycles. The van der Waals surface area contributed by atoms with Gasteiger partial charge in [-0.3, -0.25) is 0 Å². The fourth-order valence-corrected chi connectivity index (χ4v) is 1.27. The molecule has 1 heterocycles. The number of carbonyl (C=O) groups excluding carboxylic acids is 1. The summed E-state index contributed by atoms with van der Waals surface area (Å²) in [5.41, 5.74) is -0.796. The van der Waals surface area contributed by atoms with Gasteiger partial charge in [-0.15, -0.1) is 0 Å². The molecule has 0 aromatic rings. The maximum absolute atomic E-state index is 10.7. The molecule has 6 nitrogen and oxygen atoms in total. The summed E-state index contributed by atoms with van der Waals surface area (Å²) in [5, 5.41) is 20.2. The number of aldehydes is 1. The first kappa shape index (κ1) is 17.2. The van der Waals surface area contributed by atoms with Crippen molar-refractivity contribution in [2.24, 2.45) is 0 Å². The number of aliphatic carboxylic acids is 1. The summed E-state index contributed by atoms with van der Waals surface area (Å²) < 4.78 is 0. The Morgan fingerprint density at radius 3 is 2.32 bits per heavy atom. The first-order valence-electron chi connectivity index (χ1n) is 5.88. The fraction of sp³-hybridized carbons (Fsp3) is 0.538. The van der Waals surface area contributed by atoms with E-state index in [9.17, 15) is 9.59 Å². The monoisotopic (exact) mass is 270 g/mol. The summed E-state index contributed by atoms with van der Waals surface area (Å²) in [6.07, 6.45) is 3.85. The smallest absolute Gasteiger partial charge is 0.335 e. The Bertz CT molecular complexity index is 394. The number of hydrogen-bond donors (Lipinski definition) is 3. The molecule has 0 spiro atoms. The quantitative estimate of drug-likeness (QED) is 0.641. The highest BCUT2D eigenvalue weighted by atomic mass is 16.4. The summed E-state index contributed by atoms with van der Waals surface area (Å²) in [4.78, 5) is 22.3. The van der Waals surface area contributed by atoms with Gasteiger partial charge in [0.1, 0.15) is 11.4 Å². The zero-order valence-electron chi connectivity index (χ0n) is 12.0. The molecule has 1 unspecified atom stereocenters. The molecular weight excluding hydrogens is 248 g/mol. The molecule has 0 aliphatic carbocycles. The lowest BCUT2D eigenvalue weighted by Crippen LogP contribution is -2.35. The van der Waals surface area contributed by atoms with Crippen molar-refractivity contribution in [1.82, 2.24) is 10.2 Å². The predicted octanol–water partition coefficient (Wildman–Crippen LogP) is 0.348. The van der Waals surface area contributed by atoms with Gasteiger partial charge in [0.05, 0.1) is 5.57 Å². The van der Waals surface area contributed by atoms with E-state index in [1.807, 2.05) is 18.9 Å². The second kappa shape index (κ2) is 6.94. The van der Waals surface area contributed by atoms with Crippen LogP contribution in [0.15, 0.2) is 23.5 Å². The van der Waals surface area contributed by atoms with Crippen molar-refractivity contribution < 1.29 is 19.8 Å². The Morgan fingerprint density at radius 1 is 1.53 bits per heavy atom. The number of likely N-dealkylation sites (N-methyl/N-ethyl adjacent to an activating group) is 1. The molecule has 0 aromatic carbocycles. The molecule has 0 saturated heterocycles. The molecule has 0 radical (unpaired) electrons. The van der Waals surface area contributed by atoms with Gasteiger partial charge in [-0.05, 0) is 32.9 Å². The molecule has 1 aliphatic rings. The number of hydrogen-bond acceptors (Lipinski definition) is 5. The van der Waals surface area contributed by atoms with Crippen molar-refractivity contribution >= 4 is 12.3 Å². The number of rotatable bonds is 3. The summed E-state index contributed by atoms with van der Waals surface area (Å²) >= 11 is 0. The summed E-state index contributed by atoms with van der Waals surface area (Å²) in [6.45, 7) is 4.81. The lowest BCUT2D eigenvalue weighted by atomic mass is 10.1. The topological polar surface area (TPSA) is 89.9 Å². The van der Waals surface area contributed by atoms with E-state index in [1.165, 1.54) is 13.8 Å². The summed E-state index contributed by atoms with van der Waals surface area (Å²) in [6, 6.07) is 0.110. The zero-order valence-corrected chi connectivity index (χ0v) is 12.0. The van der Waals surface area contributed by atoms with Crippen LogP contribution in [-0.2, 0) is 9.59 Å². The average Bonchev–Trinajstić information content (AvgIpc) is 2.32. The van der Waals surface area contributed by atoms with Gasteiger partial charge in [0.15, 0.2) is 6.29 Å². The van der Waals surface area contributed by atoms with E-state index in [0.29, 0.717) is 11.9 Å². The van der Waals surface area contributed by atoms with Crippen LogP contribution < -0.4 is 5.32 Å². The SMILES string of the molecule is CC(C)(O)C=O.CNC1=CC(C(=O)O)=CC(C)N1C. The normalized spacial score (nSPS) is 18.6. The maximum atomic E-state index is 10.7. The molecule has 0 amide bonds. The molecule has 0 bridgehead atoms. The van der Waals surface area contributed by atoms with E-state index in [1.54, 1.807) is 19.2 Å². The van der Waals surface area contributed by atoms with Crippen molar-refractivity contribution in [2.75, 3.05) is 14.1 Å². The minimum Gasteiger partial charge on any atom is -0.478 e. The first-order chi connectivity index (χ1) is 8.62. The van der Waals surface area contributed by atoms with Crippen molar-refractivity contribution in [3.63, 3.8) is 0 Å². The van der Waals surface area contributed by atoms with Crippen molar-refractivity contribution in [2.45, 2.75) is 32.4 Å². The van der Waals surface area contributed by atoms with Gasteiger partial charge >= 0.3 is 5.97 Å². The molecular formula is C13H22N2O4. The zero-order chi connectivity index (χ0) is 15.2. The van der Waals surface area contributed by atoms with Crippen LogP contribution in [0.5, 0.6) is 0 Å². The minimum absolute atomic E-state index is 0.110. The van der Waals surface area contributed by atoms with Gasteiger partial charge in [0.25, 0.3) is 0 Å². The van der Waals surface area contributed by atoms with E-state index in [-0.39, 0.29) is 6.04 Å². The van der Waals surface area contributed by atoms with Crippen LogP contribution in [0.4, 0.5) is 0 Å². The molecule has 3 N–H and O–H groups in total. The Kier molecular flexibility index (Phi) is 6.27. The van der Waals surface area contributed by atoms with Crippen LogP contribution in [0.3, 0.4) is 0 Å². The Morgan fingerprint density at radius 2 is 2.00 bits per heavy atom. The second-order valence-corrected chi connectivity index (χ2v) is 4.83. The van der Waals surface area contributed by atoms with Crippen LogP contribution >= 0.6 is 0 Å². The number of nitrogens with zero attached hydrogens (tertiary/aromatic N) is 1. The fourth-order valence-electron chi connectivity index (χ4n) is 1.27. The van der Waals surface area contributed by atoms with Crippen molar-refractivity contribution in [3.8, 4) is 0 Å². The number of carboxylic acid groups (broad SMARTS) is 1. The third-order valence-electron chi connectivity index (χ3n) is 2.50. The molecule has 0 fully saturated rings. The van der Waals surface area contributed by atoms with Crippen LogP contribution in [0.1, 0.15) is 20.8 Å². The van der Waals surface area contributed by atoms with E-state index in [2.05, 4.69) is 5.32 Å². The van der Waals surface area contributed by atoms with Crippen LogP contribution in [0.2, 0.25) is 0 Å². The van der Waals surface area contributed by atoms with E-state index < -0.39 is 11.6 Å². The number of aliphatic hydroxyl groups is 1. The highest BCUT2D eigenvalue weighted by Gasteiger charge is 2.18. The molecule has 1 atom stereocenters. The molecule has 1 aliphatic heterocycles. The van der Waals surface area contributed by atoms with Crippen LogP contribution in [-0.4, -0.2) is 53.1 Å². The Hall–Kier alpha value is -1.82. The largest absolute Gasteiger partial charge is 0.478 e. The third-order valence-corrected chi connectivity index (χ3v) is 2.50. The lowest BCUT2D eigenvalue weighted by Gasteiger charge is -2.30. The van der Waals surface area contributed by atoms with Crippen molar-refractivity contribution in [1.29, 1.82) is 0 Å². The van der Waals surface area contributed by atoms with E-state index >= 15 is 0 Å². The Balaban J connectivity index is 0.000000459. The lowest BCUT2D eigenvalue weighted by molar-refractivity contribution is -0.132. The third kappa shape index (κ3) is 6.05. The van der Waals surface area contributed by atoms with Gasteiger partial charge in [0.2, 0.25) is 0 Å². The van der Waals surface area contributed by atoms with Gasteiger partial charge in [-0.1, -0.05) is 0 Å². The van der Waals surface area contributed by atoms with Gasteiger partial charge < -0.3 is 25.2 Å². The van der Waals surface area contributed by atoms with Gasteiger partial charge in [0, 0.05) is 20.1 Å². The molecule has 1 rings (SSSR count). The second-order valence-electron chi connectivity index (χ2n) is 4.83. The van der Waals surface area contributed by atoms with Gasteiger partial charge in [-0.2, -0.15) is 0 Å². The number of nitrogens with one attached hydrogen (secondary N) is 1. The van der Waals surface area contributed by atoms with Crippen LogP contribution in [0, 0.1) is 0 Å². The standard InChI is InChI=1S/C9H14N2O2.C4H8O2/c1-6-4-7(9(12)13)5-8(10-2)11(6)3;1-4(2,6)3-5/h4-6,10H,1-3H3,(H,12,13);3,6H,1-2H3. The molecule has 108 valence electrons. The van der Waals surface area contributed by atoms with E-state index in [0.717, 1.165) is 5.82 Å². The minimum atomic E-state index is -1.14. The Labute approximate surface area is 113 Å². The molecule has 0 aromatic heterocycles. The molecule has 19 heavy (non-hydrogen) atoms. The van der Waals surface area contributed by atoms with Crippen molar-refractivity contribution in [3.05, 3.63) is 23.5 Å². The van der Waals surface area contributed by atoms with Gasteiger partial charge in [-0.25, -0.2) is 4.79 Å². The first-order valence-corrected chi connectivity index (χ1v) is 5.88. The summed E-state index contributed by atoms with van der Waals surface area (Å²) in [7, 11) is 3.70. The average molecular weight is 270 g/mol. The highest BCUT2D eigenvalue weighted by molar-refractivity contribution is 5.90. The number of carbonyl (C=O) groups is 2. The van der Waals surface area contributed by atoms with Crippen LogP contribution in [0.25, 0.3) is 0 Å². The highest BCUT2D eigenvalue weighted by Crippen LogP contribution is 2.16. The number of carboxylic acids is 1. The van der Waals surface area contributed by atoms with E-state index in [4.69, 9.17) is 10.2 Å². The summed E-state index contributed by atoms with van der Waals surface area (Å²) in [5.74, 6) is -0.0555. The predicted molar refractivity (Wildman–Crippen MR) is 72.4 cm³/mol. The maximum Gasteiger partial charge on any atom is 0.335 e. The molecule has 6 heteroatoms.